The van der Waals surface area contributed by atoms with Gasteiger partial charge < -0.3 is 10.4 Å². The molecule has 19 heavy (non-hydrogen) atoms. The van der Waals surface area contributed by atoms with Crippen LogP contribution in [0, 0.1) is 11.7 Å². The third kappa shape index (κ3) is 3.96. The summed E-state index contributed by atoms with van der Waals surface area (Å²) in [5, 5.41) is 11.4. The first-order valence-electron chi connectivity index (χ1n) is 5.74. The normalized spacial score (nSPS) is 13.7. The van der Waals surface area contributed by atoms with Gasteiger partial charge in [-0.05, 0) is 38.3 Å². The number of hydrogen-bond donors (Lipinski definition) is 2. The molecule has 1 rings (SSSR count). The van der Waals surface area contributed by atoms with Gasteiger partial charge in [0.1, 0.15) is 5.82 Å². The summed E-state index contributed by atoms with van der Waals surface area (Å²) in [4.78, 5) is 23.1. The van der Waals surface area contributed by atoms with Gasteiger partial charge in [-0.3, -0.25) is 9.59 Å². The molecule has 2 N–H and O–H groups in total. The first-order valence-corrected chi connectivity index (χ1v) is 6.96. The second-order valence-corrected chi connectivity index (χ2v) is 5.09. The van der Waals surface area contributed by atoms with Crippen LogP contribution in [-0.4, -0.2) is 29.3 Å². The highest BCUT2D eigenvalue weighted by molar-refractivity contribution is 7.98. The van der Waals surface area contributed by atoms with Gasteiger partial charge in [0, 0.05) is 16.5 Å². The highest BCUT2D eigenvalue weighted by Crippen LogP contribution is 2.20. The van der Waals surface area contributed by atoms with E-state index in [-0.39, 0.29) is 5.82 Å². The van der Waals surface area contributed by atoms with Crippen LogP contribution in [0.25, 0.3) is 0 Å². The van der Waals surface area contributed by atoms with Crippen LogP contribution in [0.3, 0.4) is 0 Å². The van der Waals surface area contributed by atoms with E-state index >= 15 is 0 Å². The third-order valence-electron chi connectivity index (χ3n) is 2.91. The van der Waals surface area contributed by atoms with Crippen LogP contribution in [0.15, 0.2) is 23.1 Å². The molecular weight excluding hydrogens is 269 g/mol. The summed E-state index contributed by atoms with van der Waals surface area (Å²) in [6.45, 7) is 3.14. The molecule has 0 radical (unpaired) electrons. The van der Waals surface area contributed by atoms with Crippen molar-refractivity contribution in [1.29, 1.82) is 0 Å². The number of carboxylic acid groups (broad SMARTS) is 1. The zero-order valence-electron chi connectivity index (χ0n) is 10.9. The van der Waals surface area contributed by atoms with E-state index in [1.807, 2.05) is 0 Å². The van der Waals surface area contributed by atoms with Gasteiger partial charge in [-0.25, -0.2) is 4.39 Å². The Morgan fingerprint density at radius 1 is 1.37 bits per heavy atom. The minimum Gasteiger partial charge on any atom is -0.481 e. The molecule has 0 aliphatic heterocycles. The maximum atomic E-state index is 13.3. The standard InChI is InChI=1S/C13H16FNO3S/c1-7(13(17)18)8(2)15-12(16)9-4-5-10(14)11(6-9)19-3/h4-8H,1-3H3,(H,15,16)(H,17,18). The summed E-state index contributed by atoms with van der Waals surface area (Å²) in [6.07, 6.45) is 1.72. The van der Waals surface area contributed by atoms with E-state index in [0.29, 0.717) is 10.5 Å². The molecule has 2 unspecified atom stereocenters. The Labute approximate surface area is 115 Å². The van der Waals surface area contributed by atoms with Crippen molar-refractivity contribution in [2.45, 2.75) is 24.8 Å². The Bertz CT molecular complexity index is 493. The Hall–Kier alpha value is -1.56. The van der Waals surface area contributed by atoms with Crippen molar-refractivity contribution in [2.75, 3.05) is 6.26 Å². The number of hydrogen-bond acceptors (Lipinski definition) is 3. The summed E-state index contributed by atoms with van der Waals surface area (Å²) >= 11 is 1.21. The summed E-state index contributed by atoms with van der Waals surface area (Å²) in [5.41, 5.74) is 0.315. The number of rotatable bonds is 5. The minimum absolute atomic E-state index is 0.315. The molecule has 0 heterocycles. The maximum Gasteiger partial charge on any atom is 0.308 e. The van der Waals surface area contributed by atoms with Gasteiger partial charge in [-0.1, -0.05) is 0 Å². The number of carbonyl (C=O) groups is 2. The van der Waals surface area contributed by atoms with E-state index in [2.05, 4.69) is 5.32 Å². The average molecular weight is 285 g/mol. The maximum absolute atomic E-state index is 13.3. The largest absolute Gasteiger partial charge is 0.481 e. The number of benzene rings is 1. The fourth-order valence-corrected chi connectivity index (χ4v) is 1.94. The van der Waals surface area contributed by atoms with E-state index in [1.165, 1.54) is 36.9 Å². The molecule has 4 nitrogen and oxygen atoms in total. The van der Waals surface area contributed by atoms with Crippen LogP contribution >= 0.6 is 11.8 Å². The van der Waals surface area contributed by atoms with Crippen molar-refractivity contribution in [1.82, 2.24) is 5.32 Å². The number of amides is 1. The van der Waals surface area contributed by atoms with Crippen LogP contribution in [0.5, 0.6) is 0 Å². The van der Waals surface area contributed by atoms with Gasteiger partial charge in [-0.2, -0.15) is 0 Å². The Balaban J connectivity index is 2.81. The van der Waals surface area contributed by atoms with Gasteiger partial charge in [0.05, 0.1) is 5.92 Å². The smallest absolute Gasteiger partial charge is 0.308 e. The molecule has 0 saturated heterocycles. The highest BCUT2D eigenvalue weighted by Gasteiger charge is 2.21. The van der Waals surface area contributed by atoms with Crippen LogP contribution in [0.1, 0.15) is 24.2 Å². The van der Waals surface area contributed by atoms with Gasteiger partial charge in [0.2, 0.25) is 0 Å². The molecular formula is C13H16FNO3S. The molecule has 0 aliphatic rings. The molecule has 1 amide bonds. The highest BCUT2D eigenvalue weighted by atomic mass is 32.2. The van der Waals surface area contributed by atoms with Crippen molar-refractivity contribution in [2.24, 2.45) is 5.92 Å². The van der Waals surface area contributed by atoms with Crippen molar-refractivity contribution >= 4 is 23.6 Å². The van der Waals surface area contributed by atoms with Crippen LogP contribution < -0.4 is 5.32 Å². The molecule has 0 aromatic heterocycles. The summed E-state index contributed by atoms with van der Waals surface area (Å²) < 4.78 is 13.3. The Kier molecular flexibility index (Phi) is 5.35. The second-order valence-electron chi connectivity index (χ2n) is 4.24. The lowest BCUT2D eigenvalue weighted by atomic mass is 10.0. The molecule has 104 valence electrons. The van der Waals surface area contributed by atoms with Crippen molar-refractivity contribution in [3.05, 3.63) is 29.6 Å². The fourth-order valence-electron chi connectivity index (χ4n) is 1.43. The molecule has 0 bridgehead atoms. The topological polar surface area (TPSA) is 66.4 Å². The van der Waals surface area contributed by atoms with Crippen LogP contribution in [-0.2, 0) is 4.79 Å². The van der Waals surface area contributed by atoms with Crippen molar-refractivity contribution in [3.8, 4) is 0 Å². The van der Waals surface area contributed by atoms with E-state index in [9.17, 15) is 14.0 Å². The van der Waals surface area contributed by atoms with Crippen LogP contribution in [0.2, 0.25) is 0 Å². The Morgan fingerprint density at radius 3 is 2.53 bits per heavy atom. The minimum atomic E-state index is -0.975. The van der Waals surface area contributed by atoms with Gasteiger partial charge in [0.25, 0.3) is 5.91 Å². The molecule has 0 aliphatic carbocycles. The number of carbonyl (C=O) groups excluding carboxylic acids is 1. The zero-order chi connectivity index (χ0) is 14.6. The average Bonchev–Trinajstić information content (AvgIpc) is 2.37. The molecule has 0 fully saturated rings. The molecule has 0 spiro atoms. The Morgan fingerprint density at radius 2 is 2.00 bits per heavy atom. The lowest BCUT2D eigenvalue weighted by molar-refractivity contribution is -0.141. The lowest BCUT2D eigenvalue weighted by Gasteiger charge is -2.18. The fraction of sp³-hybridized carbons (Fsp3) is 0.385. The molecule has 6 heteroatoms. The summed E-state index contributed by atoms with van der Waals surface area (Å²) in [6, 6.07) is 3.55. The number of carboxylic acids is 1. The number of thioether (sulfide) groups is 1. The van der Waals surface area contributed by atoms with E-state index < -0.39 is 23.8 Å². The second kappa shape index (κ2) is 6.56. The summed E-state index contributed by atoms with van der Waals surface area (Å²) in [7, 11) is 0. The number of nitrogens with one attached hydrogen (secondary N) is 1. The quantitative estimate of drug-likeness (QED) is 0.815. The van der Waals surface area contributed by atoms with Crippen molar-refractivity contribution in [3.63, 3.8) is 0 Å². The van der Waals surface area contributed by atoms with Gasteiger partial charge in [0.15, 0.2) is 0 Å². The zero-order valence-corrected chi connectivity index (χ0v) is 11.8. The number of aliphatic carboxylic acids is 1. The SMILES string of the molecule is CSc1cc(C(=O)NC(C)C(C)C(=O)O)ccc1F. The van der Waals surface area contributed by atoms with E-state index in [0.717, 1.165) is 0 Å². The number of halogens is 1. The van der Waals surface area contributed by atoms with E-state index in [4.69, 9.17) is 5.11 Å². The van der Waals surface area contributed by atoms with Crippen molar-refractivity contribution < 1.29 is 19.1 Å². The molecule has 1 aromatic rings. The van der Waals surface area contributed by atoms with Gasteiger partial charge in [-0.15, -0.1) is 11.8 Å². The molecule has 2 atom stereocenters. The van der Waals surface area contributed by atoms with Gasteiger partial charge >= 0.3 is 5.97 Å². The monoisotopic (exact) mass is 285 g/mol. The van der Waals surface area contributed by atoms with Crippen LogP contribution in [0.4, 0.5) is 4.39 Å². The molecule has 0 saturated carbocycles. The summed E-state index contributed by atoms with van der Waals surface area (Å²) in [5.74, 6) is -2.45. The predicted octanol–water partition coefficient (Wildman–Crippen LogP) is 2.39. The first kappa shape index (κ1) is 15.5. The first-order chi connectivity index (χ1) is 8.86. The predicted molar refractivity (Wildman–Crippen MR) is 71.9 cm³/mol. The lowest BCUT2D eigenvalue weighted by Crippen LogP contribution is -2.40. The van der Waals surface area contributed by atoms with E-state index in [1.54, 1.807) is 13.2 Å². The third-order valence-corrected chi connectivity index (χ3v) is 3.66. The molecule has 1 aromatic carbocycles.